The number of rotatable bonds is 3. The van der Waals surface area contributed by atoms with Crippen molar-refractivity contribution in [2.75, 3.05) is 0 Å². The summed E-state index contributed by atoms with van der Waals surface area (Å²) in [7, 11) is 4.70. The predicted molar refractivity (Wildman–Crippen MR) is 29.2 cm³/mol. The highest BCUT2D eigenvalue weighted by Gasteiger charge is 1.92. The van der Waals surface area contributed by atoms with Gasteiger partial charge in [0.25, 0.3) is 0 Å². The molecule has 0 rings (SSSR count). The highest BCUT2D eigenvalue weighted by atomic mass is 16.1. The van der Waals surface area contributed by atoms with Crippen LogP contribution in [-0.2, 0) is 9.59 Å². The second-order valence-electron chi connectivity index (χ2n) is 1.27. The summed E-state index contributed by atoms with van der Waals surface area (Å²) < 4.78 is 0. The zero-order valence-corrected chi connectivity index (χ0v) is 4.39. The first-order chi connectivity index (χ1) is 3.81. The van der Waals surface area contributed by atoms with E-state index < -0.39 is 0 Å². The number of carbonyl (C=O) groups excluding carboxylic acids is 2. The quantitative estimate of drug-likeness (QED) is 0.381. The zero-order chi connectivity index (χ0) is 6.41. The van der Waals surface area contributed by atoms with E-state index in [0.29, 0.717) is 6.29 Å². The van der Waals surface area contributed by atoms with Gasteiger partial charge >= 0.3 is 0 Å². The van der Waals surface area contributed by atoms with Crippen molar-refractivity contribution < 1.29 is 9.59 Å². The normalized spacial score (nSPS) is 8.00. The van der Waals surface area contributed by atoms with Crippen molar-refractivity contribution in [3.05, 3.63) is 0 Å². The Morgan fingerprint density at radius 1 is 1.75 bits per heavy atom. The summed E-state index contributed by atoms with van der Waals surface area (Å²) in [4.78, 5) is 19.8. The number of nitrogens with one attached hydrogen (secondary N) is 1. The molecule has 2 radical (unpaired) electrons. The van der Waals surface area contributed by atoms with Gasteiger partial charge in [-0.05, 0) is 0 Å². The molecule has 1 amide bonds. The van der Waals surface area contributed by atoms with Gasteiger partial charge in [0, 0.05) is 12.8 Å². The van der Waals surface area contributed by atoms with E-state index in [0.717, 1.165) is 0 Å². The molecule has 0 aliphatic carbocycles. The lowest BCUT2D eigenvalue weighted by Crippen LogP contribution is -2.18. The molecule has 0 aromatic rings. The highest BCUT2D eigenvalue weighted by Crippen LogP contribution is 1.80. The molecule has 0 fully saturated rings. The topological polar surface area (TPSA) is 46.2 Å². The first-order valence-electron chi connectivity index (χ1n) is 2.24. The fraction of sp³-hybridized carbons (Fsp3) is 0.500. The van der Waals surface area contributed by atoms with Crippen molar-refractivity contribution in [1.29, 1.82) is 0 Å². The number of hydrogen-bond acceptors (Lipinski definition) is 2. The summed E-state index contributed by atoms with van der Waals surface area (Å²) in [6, 6.07) is 0. The van der Waals surface area contributed by atoms with E-state index in [1.807, 2.05) is 5.23 Å². The van der Waals surface area contributed by atoms with Crippen LogP contribution in [0.4, 0.5) is 0 Å². The minimum absolute atomic E-state index is 0.181. The average molecular weight is 111 g/mol. The van der Waals surface area contributed by atoms with Gasteiger partial charge in [-0.3, -0.25) is 4.79 Å². The summed E-state index contributed by atoms with van der Waals surface area (Å²) in [5.41, 5.74) is 0. The summed E-state index contributed by atoms with van der Waals surface area (Å²) in [6.45, 7) is 0. The van der Waals surface area contributed by atoms with E-state index in [-0.39, 0.29) is 18.7 Å². The monoisotopic (exact) mass is 111 g/mol. The van der Waals surface area contributed by atoms with Crippen LogP contribution in [0.15, 0.2) is 0 Å². The maximum absolute atomic E-state index is 10.2. The predicted octanol–water partition coefficient (Wildman–Crippen LogP) is -0.835. The van der Waals surface area contributed by atoms with Crippen molar-refractivity contribution in [1.82, 2.24) is 5.23 Å². The minimum Gasteiger partial charge on any atom is -0.409 e. The molecule has 0 atom stereocenters. The molecule has 0 aliphatic rings. The smallest absolute Gasteiger partial charge is 0.226 e. The Kier molecular flexibility index (Phi) is 3.93. The minimum atomic E-state index is -0.308. The lowest BCUT2D eigenvalue weighted by atomic mass is 10.3. The third-order valence-corrected chi connectivity index (χ3v) is 0.650. The Morgan fingerprint density at radius 3 is 2.75 bits per heavy atom. The van der Waals surface area contributed by atoms with Crippen LogP contribution in [0.5, 0.6) is 0 Å². The number of hydrogen-bond donors (Lipinski definition) is 1. The molecule has 42 valence electrons. The summed E-state index contributed by atoms with van der Waals surface area (Å²) in [5.74, 6) is -0.308. The van der Waals surface area contributed by atoms with Gasteiger partial charge in [0.15, 0.2) is 0 Å². The van der Waals surface area contributed by atoms with E-state index in [2.05, 4.69) is 0 Å². The Morgan fingerprint density at radius 2 is 2.38 bits per heavy atom. The molecule has 0 aromatic heterocycles. The van der Waals surface area contributed by atoms with Crippen molar-refractivity contribution in [2.24, 2.45) is 0 Å². The third kappa shape index (κ3) is 3.40. The molecule has 0 bridgehead atoms. The van der Waals surface area contributed by atoms with Gasteiger partial charge in [-0.15, -0.1) is 0 Å². The second-order valence-corrected chi connectivity index (χ2v) is 1.27. The van der Waals surface area contributed by atoms with Crippen molar-refractivity contribution in [2.45, 2.75) is 12.8 Å². The van der Waals surface area contributed by atoms with Crippen LogP contribution in [0.25, 0.3) is 0 Å². The standard InChI is InChI=1S/C4H6BNO2/c5-6-4(8)2-1-3-7/h3H,1-2H2,(H,6,8). The van der Waals surface area contributed by atoms with Crippen LogP contribution >= 0.6 is 0 Å². The van der Waals surface area contributed by atoms with Crippen molar-refractivity contribution in [3.8, 4) is 0 Å². The van der Waals surface area contributed by atoms with Crippen molar-refractivity contribution in [3.63, 3.8) is 0 Å². The number of amides is 1. The van der Waals surface area contributed by atoms with Crippen LogP contribution in [0, 0.1) is 0 Å². The van der Waals surface area contributed by atoms with E-state index in [4.69, 9.17) is 7.98 Å². The summed E-state index contributed by atoms with van der Waals surface area (Å²) in [5, 5.41) is 1.90. The molecule has 0 saturated carbocycles. The molecule has 3 nitrogen and oxygen atoms in total. The van der Waals surface area contributed by atoms with E-state index in [1.165, 1.54) is 0 Å². The fourth-order valence-electron chi connectivity index (χ4n) is 0.262. The number of aldehydes is 1. The first kappa shape index (κ1) is 7.20. The lowest BCUT2D eigenvalue weighted by molar-refractivity contribution is -0.121. The van der Waals surface area contributed by atoms with Crippen LogP contribution in [0.1, 0.15) is 12.8 Å². The largest absolute Gasteiger partial charge is 0.409 e. The molecule has 4 heteroatoms. The summed E-state index contributed by atoms with van der Waals surface area (Å²) in [6.07, 6.45) is 1.10. The molecule has 0 spiro atoms. The van der Waals surface area contributed by atoms with Crippen molar-refractivity contribution >= 4 is 20.2 Å². The van der Waals surface area contributed by atoms with Gasteiger partial charge in [-0.25, -0.2) is 0 Å². The fourth-order valence-corrected chi connectivity index (χ4v) is 0.262. The van der Waals surface area contributed by atoms with E-state index in [1.54, 1.807) is 0 Å². The Balaban J connectivity index is 3.11. The van der Waals surface area contributed by atoms with Crippen LogP contribution in [0.3, 0.4) is 0 Å². The van der Waals surface area contributed by atoms with Gasteiger partial charge in [0.05, 0.1) is 0 Å². The maximum Gasteiger partial charge on any atom is 0.226 e. The average Bonchev–Trinajstić information content (AvgIpc) is 1.83. The van der Waals surface area contributed by atoms with E-state index in [9.17, 15) is 9.59 Å². The molecule has 0 aliphatic heterocycles. The molecule has 0 aromatic carbocycles. The van der Waals surface area contributed by atoms with Gasteiger partial charge in [0.2, 0.25) is 13.9 Å². The number of carbonyl (C=O) groups is 2. The van der Waals surface area contributed by atoms with E-state index >= 15 is 0 Å². The van der Waals surface area contributed by atoms with Gasteiger partial charge in [0.1, 0.15) is 6.29 Å². The molecule has 0 saturated heterocycles. The molecular formula is C4H6BNO2. The van der Waals surface area contributed by atoms with Gasteiger partial charge < -0.3 is 10.0 Å². The Labute approximate surface area is 48.9 Å². The maximum atomic E-state index is 10.2. The Bertz CT molecular complexity index is 94.0. The van der Waals surface area contributed by atoms with Crippen LogP contribution < -0.4 is 5.23 Å². The van der Waals surface area contributed by atoms with Gasteiger partial charge in [-0.2, -0.15) is 0 Å². The van der Waals surface area contributed by atoms with Crippen LogP contribution in [0.2, 0.25) is 0 Å². The lowest BCUT2D eigenvalue weighted by Gasteiger charge is -1.91. The zero-order valence-electron chi connectivity index (χ0n) is 4.39. The second kappa shape index (κ2) is 4.37. The Hall–Kier alpha value is -0.795. The van der Waals surface area contributed by atoms with Crippen LogP contribution in [-0.4, -0.2) is 20.2 Å². The molecule has 0 heterocycles. The molecule has 8 heavy (non-hydrogen) atoms. The molecule has 1 N–H and O–H groups in total. The summed E-state index contributed by atoms with van der Waals surface area (Å²) >= 11 is 0. The van der Waals surface area contributed by atoms with Gasteiger partial charge in [-0.1, -0.05) is 0 Å². The third-order valence-electron chi connectivity index (χ3n) is 0.650. The molecule has 0 unspecified atom stereocenters. The SMILES string of the molecule is [B]NC(=O)CCC=O. The highest BCUT2D eigenvalue weighted by molar-refractivity contribution is 6.14. The first-order valence-corrected chi connectivity index (χ1v) is 2.24. The molecular weight excluding hydrogens is 105 g/mol.